The molecule has 1 amide bonds. The lowest BCUT2D eigenvalue weighted by Gasteiger charge is -2.17. The molecule has 1 aliphatic heterocycles. The van der Waals surface area contributed by atoms with Crippen LogP contribution < -0.4 is 10.1 Å². The fraction of sp³-hybridized carbons (Fsp3) is 0.235. The van der Waals surface area contributed by atoms with Gasteiger partial charge in [0.1, 0.15) is 17.2 Å². The number of halogens is 1. The summed E-state index contributed by atoms with van der Waals surface area (Å²) >= 11 is 7.05. The zero-order valence-corrected chi connectivity index (χ0v) is 15.2. The zero-order valence-electron chi connectivity index (χ0n) is 13.6. The number of benzene rings is 1. The van der Waals surface area contributed by atoms with Crippen LogP contribution in [0.25, 0.3) is 6.08 Å². The van der Waals surface area contributed by atoms with E-state index in [9.17, 15) is 9.59 Å². The maximum atomic E-state index is 12.4. The lowest BCUT2D eigenvalue weighted by molar-refractivity contribution is -0.113. The molecular formula is C17H15ClN2O4S. The van der Waals surface area contributed by atoms with E-state index >= 15 is 0 Å². The standard InChI is InChI=1S/C17H15ClN2O4S/c1-3-23-16(22)14-9(2)19-17(25-14)20-15(21)11-6-10-7-12(18)4-5-13(10)24-8-11/h4-7H,3,8H2,1-2H3,(H,19,20,21). The zero-order chi connectivity index (χ0) is 18.0. The molecule has 1 aromatic carbocycles. The maximum Gasteiger partial charge on any atom is 0.350 e. The summed E-state index contributed by atoms with van der Waals surface area (Å²) in [6.07, 6.45) is 1.73. The third kappa shape index (κ3) is 3.83. The first-order chi connectivity index (χ1) is 12.0. The van der Waals surface area contributed by atoms with Gasteiger partial charge < -0.3 is 9.47 Å². The van der Waals surface area contributed by atoms with E-state index in [0.717, 1.165) is 16.9 Å². The van der Waals surface area contributed by atoms with Crippen LogP contribution >= 0.6 is 22.9 Å². The van der Waals surface area contributed by atoms with E-state index in [2.05, 4.69) is 10.3 Å². The number of hydrogen-bond donors (Lipinski definition) is 1. The van der Waals surface area contributed by atoms with Crippen LogP contribution in [-0.2, 0) is 9.53 Å². The normalized spacial score (nSPS) is 12.7. The van der Waals surface area contributed by atoms with Gasteiger partial charge in [-0.1, -0.05) is 22.9 Å². The summed E-state index contributed by atoms with van der Waals surface area (Å²) < 4.78 is 10.5. The van der Waals surface area contributed by atoms with Crippen molar-refractivity contribution >= 4 is 46.0 Å². The Morgan fingerprint density at radius 3 is 3.00 bits per heavy atom. The number of rotatable bonds is 4. The van der Waals surface area contributed by atoms with Gasteiger partial charge in [0.25, 0.3) is 5.91 Å². The molecule has 0 saturated carbocycles. The summed E-state index contributed by atoms with van der Waals surface area (Å²) in [6.45, 7) is 3.86. The third-order valence-corrected chi connectivity index (χ3v) is 4.74. The molecule has 2 aromatic rings. The Bertz CT molecular complexity index is 876. The first-order valence-corrected chi connectivity index (χ1v) is 8.76. The SMILES string of the molecule is CCOC(=O)c1sc(NC(=O)C2=Cc3cc(Cl)ccc3OC2)nc1C. The van der Waals surface area contributed by atoms with Gasteiger partial charge in [-0.05, 0) is 38.1 Å². The van der Waals surface area contributed by atoms with Crippen LogP contribution in [0, 0.1) is 6.92 Å². The Kier molecular flexibility index (Phi) is 5.06. The molecule has 0 bridgehead atoms. The quantitative estimate of drug-likeness (QED) is 0.821. The van der Waals surface area contributed by atoms with Crippen molar-refractivity contribution in [1.29, 1.82) is 0 Å². The van der Waals surface area contributed by atoms with Crippen LogP contribution in [0.4, 0.5) is 5.13 Å². The van der Waals surface area contributed by atoms with Crippen LogP contribution in [0.5, 0.6) is 5.75 Å². The molecular weight excluding hydrogens is 364 g/mol. The highest BCUT2D eigenvalue weighted by Gasteiger charge is 2.21. The van der Waals surface area contributed by atoms with E-state index in [1.165, 1.54) is 0 Å². The number of thiazole rings is 1. The molecule has 8 heteroatoms. The second-order valence-electron chi connectivity index (χ2n) is 5.25. The Morgan fingerprint density at radius 1 is 1.44 bits per heavy atom. The summed E-state index contributed by atoms with van der Waals surface area (Å²) in [7, 11) is 0. The van der Waals surface area contributed by atoms with Crippen LogP contribution in [0.3, 0.4) is 0 Å². The highest BCUT2D eigenvalue weighted by Crippen LogP contribution is 2.30. The molecule has 25 heavy (non-hydrogen) atoms. The van der Waals surface area contributed by atoms with E-state index < -0.39 is 5.97 Å². The van der Waals surface area contributed by atoms with Crippen LogP contribution in [-0.4, -0.2) is 30.1 Å². The van der Waals surface area contributed by atoms with Gasteiger partial charge in [-0.25, -0.2) is 9.78 Å². The molecule has 0 saturated heterocycles. The molecule has 0 spiro atoms. The van der Waals surface area contributed by atoms with Crippen molar-refractivity contribution in [3.8, 4) is 5.75 Å². The van der Waals surface area contributed by atoms with Gasteiger partial charge in [-0.3, -0.25) is 10.1 Å². The lowest BCUT2D eigenvalue weighted by Crippen LogP contribution is -2.21. The van der Waals surface area contributed by atoms with Crippen LogP contribution in [0.1, 0.15) is 27.9 Å². The average Bonchev–Trinajstić information content (AvgIpc) is 2.94. The average molecular weight is 379 g/mol. The van der Waals surface area contributed by atoms with Gasteiger partial charge in [0.05, 0.1) is 17.9 Å². The number of esters is 1. The smallest absolute Gasteiger partial charge is 0.350 e. The summed E-state index contributed by atoms with van der Waals surface area (Å²) in [5, 5.41) is 3.60. The van der Waals surface area contributed by atoms with Gasteiger partial charge in [0, 0.05) is 10.6 Å². The largest absolute Gasteiger partial charge is 0.488 e. The predicted octanol–water partition coefficient (Wildman–Crippen LogP) is 3.70. The Labute approximate surface area is 153 Å². The number of nitrogens with one attached hydrogen (secondary N) is 1. The van der Waals surface area contributed by atoms with E-state index in [-0.39, 0.29) is 19.1 Å². The first-order valence-electron chi connectivity index (χ1n) is 7.56. The van der Waals surface area contributed by atoms with E-state index in [1.807, 2.05) is 0 Å². The molecule has 0 unspecified atom stereocenters. The molecule has 0 aliphatic carbocycles. The molecule has 2 heterocycles. The van der Waals surface area contributed by atoms with Crippen LogP contribution in [0.15, 0.2) is 23.8 Å². The molecule has 0 atom stereocenters. The third-order valence-electron chi connectivity index (χ3n) is 3.45. The van der Waals surface area contributed by atoms with Gasteiger partial charge in [0.15, 0.2) is 5.13 Å². The number of fused-ring (bicyclic) bond motifs is 1. The Balaban J connectivity index is 1.77. The number of carbonyl (C=O) groups excluding carboxylic acids is 2. The van der Waals surface area contributed by atoms with Crippen molar-refractivity contribution in [1.82, 2.24) is 4.98 Å². The van der Waals surface area contributed by atoms with E-state index in [1.54, 1.807) is 38.1 Å². The van der Waals surface area contributed by atoms with Crippen molar-refractivity contribution in [3.63, 3.8) is 0 Å². The maximum absolute atomic E-state index is 12.4. The molecule has 1 N–H and O–H groups in total. The van der Waals surface area contributed by atoms with Crippen molar-refractivity contribution in [3.05, 3.63) is 44.9 Å². The fourth-order valence-electron chi connectivity index (χ4n) is 2.29. The van der Waals surface area contributed by atoms with E-state index in [0.29, 0.717) is 32.0 Å². The minimum absolute atomic E-state index is 0.148. The minimum Gasteiger partial charge on any atom is -0.488 e. The molecule has 0 radical (unpaired) electrons. The van der Waals surface area contributed by atoms with Crippen LogP contribution in [0.2, 0.25) is 5.02 Å². The number of aromatic nitrogens is 1. The summed E-state index contributed by atoms with van der Waals surface area (Å²) in [5.41, 5.74) is 1.71. The molecule has 130 valence electrons. The minimum atomic E-state index is -0.443. The highest BCUT2D eigenvalue weighted by molar-refractivity contribution is 7.17. The summed E-state index contributed by atoms with van der Waals surface area (Å²) in [6, 6.07) is 5.23. The number of anilines is 1. The Morgan fingerprint density at radius 2 is 2.24 bits per heavy atom. The molecule has 1 aromatic heterocycles. The van der Waals surface area contributed by atoms with Crippen molar-refractivity contribution in [2.45, 2.75) is 13.8 Å². The number of nitrogens with zero attached hydrogens (tertiary/aromatic N) is 1. The van der Waals surface area contributed by atoms with E-state index in [4.69, 9.17) is 21.1 Å². The number of ether oxygens (including phenoxy) is 2. The van der Waals surface area contributed by atoms with Gasteiger partial charge in [0.2, 0.25) is 0 Å². The summed E-state index contributed by atoms with van der Waals surface area (Å²) in [4.78, 5) is 28.8. The van der Waals surface area contributed by atoms with Gasteiger partial charge in [-0.15, -0.1) is 0 Å². The Hall–Kier alpha value is -2.38. The highest BCUT2D eigenvalue weighted by atomic mass is 35.5. The van der Waals surface area contributed by atoms with Crippen molar-refractivity contribution in [2.75, 3.05) is 18.5 Å². The number of aryl methyl sites for hydroxylation is 1. The monoisotopic (exact) mass is 378 g/mol. The summed E-state index contributed by atoms with van der Waals surface area (Å²) in [5.74, 6) is -0.104. The first kappa shape index (κ1) is 17.4. The second-order valence-corrected chi connectivity index (χ2v) is 6.68. The molecule has 3 rings (SSSR count). The number of hydrogen-bond acceptors (Lipinski definition) is 6. The molecule has 6 nitrogen and oxygen atoms in total. The topological polar surface area (TPSA) is 77.5 Å². The van der Waals surface area contributed by atoms with Gasteiger partial charge >= 0.3 is 5.97 Å². The van der Waals surface area contributed by atoms with Crippen molar-refractivity contribution in [2.24, 2.45) is 0 Å². The molecule has 0 fully saturated rings. The lowest BCUT2D eigenvalue weighted by atomic mass is 10.1. The molecule has 1 aliphatic rings. The van der Waals surface area contributed by atoms with Gasteiger partial charge in [-0.2, -0.15) is 0 Å². The predicted molar refractivity (Wildman–Crippen MR) is 96.4 cm³/mol. The number of amides is 1. The fourth-order valence-corrected chi connectivity index (χ4v) is 3.33. The van der Waals surface area contributed by atoms with Crippen molar-refractivity contribution < 1.29 is 19.1 Å². The number of carbonyl (C=O) groups is 2. The second kappa shape index (κ2) is 7.25.